The fourth-order valence-electron chi connectivity index (χ4n) is 3.49. The molecule has 142 valence electrons. The summed E-state index contributed by atoms with van der Waals surface area (Å²) in [6.45, 7) is 1.18. The number of fused-ring (bicyclic) bond motifs is 1. The van der Waals surface area contributed by atoms with Crippen LogP contribution in [0.15, 0.2) is 47.4 Å². The van der Waals surface area contributed by atoms with E-state index < -0.39 is 16.1 Å². The maximum Gasteiger partial charge on any atom is 0.263 e. The Hall–Kier alpha value is -2.09. The van der Waals surface area contributed by atoms with Crippen molar-refractivity contribution >= 4 is 38.9 Å². The number of hydrogen-bond donors (Lipinski definition) is 1. The molecule has 1 saturated heterocycles. The van der Waals surface area contributed by atoms with Crippen LogP contribution >= 0.6 is 11.6 Å². The van der Waals surface area contributed by atoms with Crippen molar-refractivity contribution in [1.82, 2.24) is 0 Å². The maximum absolute atomic E-state index is 12.7. The van der Waals surface area contributed by atoms with Gasteiger partial charge in [-0.15, -0.1) is 0 Å². The first-order valence-corrected chi connectivity index (χ1v) is 10.6. The Morgan fingerprint density at radius 2 is 2.04 bits per heavy atom. The number of carbonyl (C=O) groups excluding carboxylic acids is 1. The third-order valence-corrected chi connectivity index (χ3v) is 6.71. The zero-order valence-electron chi connectivity index (χ0n) is 14.5. The van der Waals surface area contributed by atoms with E-state index in [1.807, 2.05) is 6.07 Å². The Kier molecular flexibility index (Phi) is 4.84. The minimum absolute atomic E-state index is 0.0134. The van der Waals surface area contributed by atoms with Crippen LogP contribution in [0.1, 0.15) is 18.4 Å². The van der Waals surface area contributed by atoms with E-state index in [1.165, 1.54) is 12.1 Å². The van der Waals surface area contributed by atoms with Crippen LogP contribution in [-0.2, 0) is 26.0 Å². The maximum atomic E-state index is 12.7. The first-order valence-electron chi connectivity index (χ1n) is 8.79. The molecule has 0 aromatic heterocycles. The topological polar surface area (TPSA) is 75.7 Å². The van der Waals surface area contributed by atoms with Crippen molar-refractivity contribution in [2.75, 3.05) is 22.8 Å². The molecular formula is C19H19ClN2O4S. The van der Waals surface area contributed by atoms with Crippen molar-refractivity contribution in [2.24, 2.45) is 0 Å². The van der Waals surface area contributed by atoms with Crippen molar-refractivity contribution in [3.63, 3.8) is 0 Å². The van der Waals surface area contributed by atoms with E-state index in [0.717, 1.165) is 30.5 Å². The Bertz CT molecular complexity index is 987. The molecule has 1 N–H and O–H groups in total. The lowest BCUT2D eigenvalue weighted by atomic mass is 10.1. The highest BCUT2D eigenvalue weighted by Gasteiger charge is 2.33. The van der Waals surface area contributed by atoms with Gasteiger partial charge in [0.25, 0.3) is 15.9 Å². The monoisotopic (exact) mass is 406 g/mol. The van der Waals surface area contributed by atoms with Gasteiger partial charge in [0, 0.05) is 18.8 Å². The number of anilines is 2. The molecule has 4 rings (SSSR count). The predicted octanol–water partition coefficient (Wildman–Crippen LogP) is 3.21. The van der Waals surface area contributed by atoms with Crippen molar-refractivity contribution in [2.45, 2.75) is 30.3 Å². The molecule has 1 atom stereocenters. The summed E-state index contributed by atoms with van der Waals surface area (Å²) < 4.78 is 33.4. The molecule has 6 nitrogen and oxygen atoms in total. The van der Waals surface area contributed by atoms with Gasteiger partial charge < -0.3 is 9.64 Å². The highest BCUT2D eigenvalue weighted by atomic mass is 35.5. The van der Waals surface area contributed by atoms with Crippen LogP contribution in [0.3, 0.4) is 0 Å². The first-order chi connectivity index (χ1) is 13.0. The number of amides is 1. The van der Waals surface area contributed by atoms with Crippen LogP contribution < -0.4 is 9.62 Å². The molecule has 2 aromatic carbocycles. The van der Waals surface area contributed by atoms with E-state index in [9.17, 15) is 13.2 Å². The van der Waals surface area contributed by atoms with Crippen LogP contribution in [0.25, 0.3) is 0 Å². The number of sulfonamides is 1. The quantitative estimate of drug-likeness (QED) is 0.845. The molecule has 1 fully saturated rings. The summed E-state index contributed by atoms with van der Waals surface area (Å²) in [5.41, 5.74) is 2.14. The summed E-state index contributed by atoms with van der Waals surface area (Å²) in [6, 6.07) is 11.5. The van der Waals surface area contributed by atoms with E-state index in [-0.39, 0.29) is 15.8 Å². The third kappa shape index (κ3) is 3.54. The minimum atomic E-state index is -3.82. The van der Waals surface area contributed by atoms with Crippen molar-refractivity contribution in [3.8, 4) is 0 Å². The predicted molar refractivity (Wildman–Crippen MR) is 104 cm³/mol. The zero-order valence-corrected chi connectivity index (χ0v) is 16.1. The summed E-state index contributed by atoms with van der Waals surface area (Å²) in [6.07, 6.45) is 1.95. The summed E-state index contributed by atoms with van der Waals surface area (Å²) in [5.74, 6) is -0.0580. The number of benzene rings is 2. The molecule has 2 aromatic rings. The second-order valence-electron chi connectivity index (χ2n) is 6.62. The highest BCUT2D eigenvalue weighted by molar-refractivity contribution is 7.92. The van der Waals surface area contributed by atoms with Gasteiger partial charge in [0.1, 0.15) is 11.0 Å². The lowest BCUT2D eigenvalue weighted by Crippen LogP contribution is -2.37. The summed E-state index contributed by atoms with van der Waals surface area (Å²) >= 11 is 6.02. The van der Waals surface area contributed by atoms with Gasteiger partial charge in [-0.05, 0) is 49.1 Å². The Balaban J connectivity index is 1.60. The molecule has 2 aliphatic rings. The van der Waals surface area contributed by atoms with Crippen molar-refractivity contribution < 1.29 is 17.9 Å². The number of rotatable bonds is 4. The third-order valence-electron chi connectivity index (χ3n) is 4.83. The molecule has 0 radical (unpaired) electrons. The molecule has 1 amide bonds. The number of hydrogen-bond acceptors (Lipinski definition) is 4. The van der Waals surface area contributed by atoms with Crippen LogP contribution in [0.5, 0.6) is 0 Å². The number of nitrogens with one attached hydrogen (secondary N) is 1. The standard InChI is InChI=1S/C19H19ClN2O4S/c20-15-4-1-2-6-18(15)27(24,25)21-14-8-7-13-9-10-22(16(13)12-14)19(23)17-5-3-11-26-17/h1-2,4,6-8,12,17,21H,3,5,9-11H2. The van der Waals surface area contributed by atoms with Crippen LogP contribution in [0.4, 0.5) is 11.4 Å². The summed E-state index contributed by atoms with van der Waals surface area (Å²) in [7, 11) is -3.82. The zero-order chi connectivity index (χ0) is 19.0. The van der Waals surface area contributed by atoms with Gasteiger partial charge in [0.2, 0.25) is 0 Å². The summed E-state index contributed by atoms with van der Waals surface area (Å²) in [5, 5.41) is 0.154. The Labute approximate surface area is 163 Å². The van der Waals surface area contributed by atoms with Crippen molar-refractivity contribution in [3.05, 3.63) is 53.1 Å². The van der Waals surface area contributed by atoms with Gasteiger partial charge >= 0.3 is 0 Å². The molecule has 0 aliphatic carbocycles. The average molecular weight is 407 g/mol. The lowest BCUT2D eigenvalue weighted by molar-refractivity contribution is -0.127. The molecule has 0 bridgehead atoms. The van der Waals surface area contributed by atoms with E-state index in [4.69, 9.17) is 16.3 Å². The number of halogens is 1. The van der Waals surface area contributed by atoms with E-state index in [0.29, 0.717) is 18.8 Å². The molecule has 27 heavy (non-hydrogen) atoms. The molecule has 8 heteroatoms. The van der Waals surface area contributed by atoms with Crippen LogP contribution in [0, 0.1) is 0 Å². The van der Waals surface area contributed by atoms with Gasteiger partial charge in [-0.25, -0.2) is 8.42 Å². The number of ether oxygens (including phenoxy) is 1. The second-order valence-corrected chi connectivity index (χ2v) is 8.68. The van der Waals surface area contributed by atoms with Gasteiger partial charge in [-0.1, -0.05) is 29.8 Å². The largest absolute Gasteiger partial charge is 0.368 e. The Morgan fingerprint density at radius 1 is 1.22 bits per heavy atom. The second kappa shape index (κ2) is 7.14. The van der Waals surface area contributed by atoms with Crippen LogP contribution in [0.2, 0.25) is 5.02 Å². The summed E-state index contributed by atoms with van der Waals surface area (Å²) in [4.78, 5) is 14.4. The van der Waals surface area contributed by atoms with E-state index in [1.54, 1.807) is 29.2 Å². The number of nitrogens with zero attached hydrogens (tertiary/aromatic N) is 1. The smallest absolute Gasteiger partial charge is 0.263 e. The minimum Gasteiger partial charge on any atom is -0.368 e. The normalized spacial score (nSPS) is 19.1. The van der Waals surface area contributed by atoms with E-state index >= 15 is 0 Å². The molecule has 0 spiro atoms. The fourth-order valence-corrected chi connectivity index (χ4v) is 5.06. The SMILES string of the molecule is O=C(C1CCCO1)N1CCc2ccc(NS(=O)(=O)c3ccccc3Cl)cc21. The molecule has 1 unspecified atom stereocenters. The van der Waals surface area contributed by atoms with Gasteiger partial charge in [0.15, 0.2) is 0 Å². The van der Waals surface area contributed by atoms with Crippen LogP contribution in [-0.4, -0.2) is 33.6 Å². The first kappa shape index (κ1) is 18.3. The lowest BCUT2D eigenvalue weighted by Gasteiger charge is -2.21. The van der Waals surface area contributed by atoms with Gasteiger partial charge in [0.05, 0.1) is 10.7 Å². The molecule has 2 aliphatic heterocycles. The average Bonchev–Trinajstić information content (AvgIpc) is 3.31. The number of carbonyl (C=O) groups is 1. The molecule has 2 heterocycles. The fraction of sp³-hybridized carbons (Fsp3) is 0.316. The van der Waals surface area contributed by atoms with E-state index in [2.05, 4.69) is 4.72 Å². The molecule has 0 saturated carbocycles. The van der Waals surface area contributed by atoms with Crippen molar-refractivity contribution in [1.29, 1.82) is 0 Å². The van der Waals surface area contributed by atoms with Gasteiger partial charge in [-0.2, -0.15) is 0 Å². The van der Waals surface area contributed by atoms with Gasteiger partial charge in [-0.3, -0.25) is 9.52 Å². The Morgan fingerprint density at radius 3 is 2.78 bits per heavy atom. The highest BCUT2D eigenvalue weighted by Crippen LogP contribution is 2.33. The molecular weight excluding hydrogens is 388 g/mol.